The van der Waals surface area contributed by atoms with Crippen molar-refractivity contribution < 1.29 is 0 Å². The minimum absolute atomic E-state index is 0.971. The predicted molar refractivity (Wildman–Crippen MR) is 80.9 cm³/mol. The van der Waals surface area contributed by atoms with Gasteiger partial charge in [0.05, 0.1) is 0 Å². The summed E-state index contributed by atoms with van der Waals surface area (Å²) >= 11 is 0. The maximum absolute atomic E-state index is 2.53. The van der Waals surface area contributed by atoms with Crippen LogP contribution in [0.25, 0.3) is 0 Å². The molecule has 0 N–H and O–H groups in total. The largest absolute Gasteiger partial charge is 0.0704 e. The van der Waals surface area contributed by atoms with Gasteiger partial charge in [-0.05, 0) is 86.9 Å². The topological polar surface area (TPSA) is 0 Å². The zero-order valence-corrected chi connectivity index (χ0v) is 12.8. The second-order valence-corrected chi connectivity index (χ2v) is 8.25. The average Bonchev–Trinajstić information content (AvgIpc) is 2.80. The molecular formula is C19H30. The van der Waals surface area contributed by atoms with E-state index in [0.29, 0.717) is 0 Å². The van der Waals surface area contributed by atoms with E-state index in [1.165, 1.54) is 32.1 Å². The van der Waals surface area contributed by atoms with E-state index < -0.39 is 0 Å². The zero-order valence-electron chi connectivity index (χ0n) is 12.8. The lowest BCUT2D eigenvalue weighted by Crippen LogP contribution is -2.37. The second-order valence-electron chi connectivity index (χ2n) is 8.25. The van der Waals surface area contributed by atoms with Crippen molar-refractivity contribution in [2.24, 2.45) is 35.5 Å². The van der Waals surface area contributed by atoms with Crippen molar-refractivity contribution >= 4 is 0 Å². The van der Waals surface area contributed by atoms with Gasteiger partial charge in [-0.25, -0.2) is 0 Å². The first kappa shape index (κ1) is 12.5. The maximum atomic E-state index is 2.53. The molecule has 0 radical (unpaired) electrons. The van der Waals surface area contributed by atoms with Crippen LogP contribution in [-0.4, -0.2) is 0 Å². The van der Waals surface area contributed by atoms with Crippen LogP contribution in [0, 0.1) is 35.5 Å². The van der Waals surface area contributed by atoms with Gasteiger partial charge in [-0.2, -0.15) is 0 Å². The maximum Gasteiger partial charge on any atom is -0.0169 e. The number of rotatable bonds is 0. The molecule has 19 heavy (non-hydrogen) atoms. The molecule has 4 aliphatic carbocycles. The van der Waals surface area contributed by atoms with E-state index in [4.69, 9.17) is 0 Å². The van der Waals surface area contributed by atoms with E-state index in [2.05, 4.69) is 13.8 Å². The zero-order chi connectivity index (χ0) is 13.0. The predicted octanol–water partition coefficient (Wildman–Crippen LogP) is 5.59. The molecule has 2 saturated carbocycles. The lowest BCUT2D eigenvalue weighted by molar-refractivity contribution is 0.0936. The lowest BCUT2D eigenvalue weighted by atomic mass is 9.58. The third kappa shape index (κ3) is 1.93. The first-order valence-electron chi connectivity index (χ1n) is 8.95. The van der Waals surface area contributed by atoms with E-state index in [1.54, 1.807) is 25.7 Å². The van der Waals surface area contributed by atoms with Gasteiger partial charge in [0, 0.05) is 0 Å². The Morgan fingerprint density at radius 1 is 0.737 bits per heavy atom. The van der Waals surface area contributed by atoms with Gasteiger partial charge in [0.25, 0.3) is 0 Å². The normalized spacial score (nSPS) is 49.6. The van der Waals surface area contributed by atoms with E-state index in [1.807, 2.05) is 11.1 Å². The van der Waals surface area contributed by atoms with E-state index >= 15 is 0 Å². The molecule has 106 valence electrons. The molecule has 4 rings (SSSR count). The fourth-order valence-electron chi connectivity index (χ4n) is 6.35. The summed E-state index contributed by atoms with van der Waals surface area (Å²) in [6, 6.07) is 0. The first-order chi connectivity index (χ1) is 9.24. The minimum Gasteiger partial charge on any atom is -0.0704 e. The summed E-state index contributed by atoms with van der Waals surface area (Å²) in [6.45, 7) is 4.99. The molecule has 0 amide bonds. The molecule has 0 aromatic rings. The Bertz CT molecular complexity index is 391. The molecule has 0 nitrogen and oxygen atoms in total. The molecule has 0 heterocycles. The van der Waals surface area contributed by atoms with Gasteiger partial charge in [-0.1, -0.05) is 31.4 Å². The number of hydrogen-bond donors (Lipinski definition) is 0. The highest BCUT2D eigenvalue weighted by molar-refractivity contribution is 5.25. The molecule has 0 spiro atoms. The number of hydrogen-bond acceptors (Lipinski definition) is 0. The highest BCUT2D eigenvalue weighted by Crippen LogP contribution is 2.57. The molecule has 0 heteroatoms. The van der Waals surface area contributed by atoms with Gasteiger partial charge in [0.2, 0.25) is 0 Å². The Morgan fingerprint density at radius 2 is 1.58 bits per heavy atom. The molecular weight excluding hydrogens is 228 g/mol. The van der Waals surface area contributed by atoms with Crippen LogP contribution in [0.1, 0.15) is 71.6 Å². The monoisotopic (exact) mass is 258 g/mol. The van der Waals surface area contributed by atoms with Crippen molar-refractivity contribution in [2.75, 3.05) is 0 Å². The van der Waals surface area contributed by atoms with Crippen molar-refractivity contribution in [3.8, 4) is 0 Å². The van der Waals surface area contributed by atoms with E-state index in [9.17, 15) is 0 Å². The van der Waals surface area contributed by atoms with E-state index in [0.717, 1.165) is 35.5 Å². The summed E-state index contributed by atoms with van der Waals surface area (Å²) in [5.41, 5.74) is 3.90. The van der Waals surface area contributed by atoms with Crippen molar-refractivity contribution in [3.63, 3.8) is 0 Å². The summed E-state index contributed by atoms with van der Waals surface area (Å²) in [4.78, 5) is 0. The molecule has 0 bridgehead atoms. The fraction of sp³-hybridized carbons (Fsp3) is 0.895. The van der Waals surface area contributed by atoms with Crippen molar-refractivity contribution in [3.05, 3.63) is 11.1 Å². The molecule has 0 saturated heterocycles. The van der Waals surface area contributed by atoms with Gasteiger partial charge >= 0.3 is 0 Å². The third-order valence-corrected chi connectivity index (χ3v) is 7.30. The second kappa shape index (κ2) is 4.64. The summed E-state index contributed by atoms with van der Waals surface area (Å²) in [5, 5.41) is 0. The number of fused-ring (bicyclic) bond motifs is 4. The highest BCUT2D eigenvalue weighted by Gasteiger charge is 2.47. The van der Waals surface area contributed by atoms with Gasteiger partial charge in [-0.3, -0.25) is 0 Å². The number of allylic oxidation sites excluding steroid dienone is 2. The molecule has 4 aliphatic rings. The Labute approximate surface area is 119 Å². The van der Waals surface area contributed by atoms with Crippen LogP contribution in [0.3, 0.4) is 0 Å². The highest BCUT2D eigenvalue weighted by atomic mass is 14.5. The van der Waals surface area contributed by atoms with Gasteiger partial charge in [0.1, 0.15) is 0 Å². The standard InChI is InChI=1S/C19H30/c1-12-3-6-16-14(11-12)5-8-19-17-7-4-13(2)15(17)9-10-18(16)19/h12-13,15,17-19H,3-11H2,1-2H3. The molecule has 6 unspecified atom stereocenters. The lowest BCUT2D eigenvalue weighted by Gasteiger charge is -2.47. The molecule has 0 aromatic carbocycles. The Balaban J connectivity index is 1.60. The van der Waals surface area contributed by atoms with Crippen LogP contribution < -0.4 is 0 Å². The molecule has 6 atom stereocenters. The fourth-order valence-corrected chi connectivity index (χ4v) is 6.35. The van der Waals surface area contributed by atoms with Gasteiger partial charge < -0.3 is 0 Å². The van der Waals surface area contributed by atoms with Crippen molar-refractivity contribution in [1.29, 1.82) is 0 Å². The summed E-state index contributed by atoms with van der Waals surface area (Å²) < 4.78 is 0. The van der Waals surface area contributed by atoms with Crippen LogP contribution in [-0.2, 0) is 0 Å². The average molecular weight is 258 g/mol. The molecule has 0 aliphatic heterocycles. The van der Waals surface area contributed by atoms with Crippen LogP contribution in [0.2, 0.25) is 0 Å². The third-order valence-electron chi connectivity index (χ3n) is 7.30. The van der Waals surface area contributed by atoms with Crippen LogP contribution in [0.4, 0.5) is 0 Å². The summed E-state index contributed by atoms with van der Waals surface area (Å²) in [7, 11) is 0. The van der Waals surface area contributed by atoms with Gasteiger partial charge in [-0.15, -0.1) is 0 Å². The van der Waals surface area contributed by atoms with Crippen LogP contribution >= 0.6 is 0 Å². The Kier molecular flexibility index (Phi) is 3.05. The van der Waals surface area contributed by atoms with Crippen molar-refractivity contribution in [2.45, 2.75) is 71.6 Å². The SMILES string of the molecule is CC1CCC2=C(CCC3C2CCC2C(C)CCC23)C1. The minimum atomic E-state index is 0.971. The Morgan fingerprint density at radius 3 is 2.47 bits per heavy atom. The molecule has 0 aromatic heterocycles. The van der Waals surface area contributed by atoms with Crippen molar-refractivity contribution in [1.82, 2.24) is 0 Å². The van der Waals surface area contributed by atoms with Gasteiger partial charge in [0.15, 0.2) is 0 Å². The summed E-state index contributed by atoms with van der Waals surface area (Å²) in [6.07, 6.45) is 13.6. The van der Waals surface area contributed by atoms with Crippen LogP contribution in [0.15, 0.2) is 11.1 Å². The quantitative estimate of drug-likeness (QED) is 0.497. The summed E-state index contributed by atoms with van der Waals surface area (Å²) in [5.74, 6) is 6.34. The Hall–Kier alpha value is -0.260. The first-order valence-corrected chi connectivity index (χ1v) is 8.95. The van der Waals surface area contributed by atoms with E-state index in [-0.39, 0.29) is 0 Å². The van der Waals surface area contributed by atoms with Crippen LogP contribution in [0.5, 0.6) is 0 Å². The smallest absolute Gasteiger partial charge is 0.0169 e. The molecule has 2 fully saturated rings.